The number of hydrogen-bond acceptors (Lipinski definition) is 7. The second-order valence-electron chi connectivity index (χ2n) is 5.84. The number of thioether (sulfide) groups is 1. The number of carbonyl (C=O) groups excluding carboxylic acids is 3. The number of carboxylic acids is 1. The van der Waals surface area contributed by atoms with E-state index in [0.29, 0.717) is 12.2 Å². The van der Waals surface area contributed by atoms with Gasteiger partial charge in [-0.25, -0.2) is 4.98 Å². The van der Waals surface area contributed by atoms with Crippen LogP contribution in [-0.4, -0.2) is 44.4 Å². The highest BCUT2D eigenvalue weighted by atomic mass is 32.2. The molecule has 0 saturated heterocycles. The van der Waals surface area contributed by atoms with Gasteiger partial charge in [0.1, 0.15) is 17.4 Å². The first-order valence-corrected chi connectivity index (χ1v) is 9.39. The Morgan fingerprint density at radius 3 is 2.50 bits per heavy atom. The minimum atomic E-state index is -1.19. The molecule has 4 N–H and O–H groups in total. The first kappa shape index (κ1) is 23.3. The smallest absolute Gasteiger partial charge is 0.325 e. The van der Waals surface area contributed by atoms with Crippen molar-refractivity contribution in [2.45, 2.75) is 45.7 Å². The van der Waals surface area contributed by atoms with E-state index in [-0.39, 0.29) is 21.9 Å². The SMILES string of the molecule is C/C=C(\NC(=O)c1cccc(CNC(C)SC(C)=O)n1)C(=O)N[C@@H](C)C(=O)O. The van der Waals surface area contributed by atoms with Gasteiger partial charge in [-0.1, -0.05) is 23.9 Å². The average Bonchev–Trinajstić information content (AvgIpc) is 2.63. The molecule has 2 atom stereocenters. The van der Waals surface area contributed by atoms with Crippen LogP contribution < -0.4 is 16.0 Å². The summed E-state index contributed by atoms with van der Waals surface area (Å²) >= 11 is 1.15. The Morgan fingerprint density at radius 2 is 1.93 bits per heavy atom. The summed E-state index contributed by atoms with van der Waals surface area (Å²) in [6, 6.07) is 3.79. The van der Waals surface area contributed by atoms with Crippen LogP contribution in [0.3, 0.4) is 0 Å². The number of rotatable bonds is 9. The molecular formula is C18H24N4O5S. The van der Waals surface area contributed by atoms with Gasteiger partial charge in [0.2, 0.25) is 0 Å². The molecule has 0 radical (unpaired) electrons. The summed E-state index contributed by atoms with van der Waals surface area (Å²) in [5.74, 6) is -2.49. The van der Waals surface area contributed by atoms with E-state index in [2.05, 4.69) is 20.9 Å². The number of nitrogens with zero attached hydrogens (tertiary/aromatic N) is 1. The number of aliphatic carboxylic acids is 1. The van der Waals surface area contributed by atoms with E-state index < -0.39 is 23.8 Å². The third kappa shape index (κ3) is 7.89. The number of nitrogens with one attached hydrogen (secondary N) is 3. The van der Waals surface area contributed by atoms with Crippen LogP contribution >= 0.6 is 11.8 Å². The molecule has 1 rings (SSSR count). The molecule has 28 heavy (non-hydrogen) atoms. The first-order valence-electron chi connectivity index (χ1n) is 8.52. The number of hydrogen-bond donors (Lipinski definition) is 4. The van der Waals surface area contributed by atoms with Gasteiger partial charge in [0.05, 0.1) is 11.1 Å². The molecule has 0 aliphatic carbocycles. The second kappa shape index (κ2) is 11.2. The zero-order chi connectivity index (χ0) is 21.3. The van der Waals surface area contributed by atoms with Gasteiger partial charge in [-0.2, -0.15) is 0 Å². The predicted octanol–water partition coefficient (Wildman–Crippen LogP) is 1.02. The first-order chi connectivity index (χ1) is 13.1. The highest BCUT2D eigenvalue weighted by molar-refractivity contribution is 8.14. The van der Waals surface area contributed by atoms with Crippen LogP contribution in [-0.2, 0) is 20.9 Å². The lowest BCUT2D eigenvalue weighted by atomic mass is 10.2. The lowest BCUT2D eigenvalue weighted by molar-refractivity contribution is -0.140. The molecule has 0 aliphatic rings. The van der Waals surface area contributed by atoms with Crippen molar-refractivity contribution in [3.05, 3.63) is 41.4 Å². The summed E-state index contributed by atoms with van der Waals surface area (Å²) < 4.78 is 0. The molecule has 9 nitrogen and oxygen atoms in total. The van der Waals surface area contributed by atoms with Crippen molar-refractivity contribution in [3.63, 3.8) is 0 Å². The van der Waals surface area contributed by atoms with Crippen molar-refractivity contribution in [1.82, 2.24) is 20.9 Å². The van der Waals surface area contributed by atoms with Crippen LogP contribution in [0, 0.1) is 0 Å². The van der Waals surface area contributed by atoms with Gasteiger partial charge < -0.3 is 15.7 Å². The van der Waals surface area contributed by atoms with Gasteiger partial charge in [0, 0.05) is 13.5 Å². The van der Waals surface area contributed by atoms with E-state index in [1.54, 1.807) is 19.1 Å². The second-order valence-corrected chi connectivity index (χ2v) is 7.35. The molecule has 10 heteroatoms. The van der Waals surface area contributed by atoms with Crippen LogP contribution in [0.15, 0.2) is 30.0 Å². The number of aromatic nitrogens is 1. The number of carbonyl (C=O) groups is 4. The quantitative estimate of drug-likeness (QED) is 0.351. The van der Waals surface area contributed by atoms with E-state index in [1.165, 1.54) is 26.0 Å². The molecule has 1 heterocycles. The number of allylic oxidation sites excluding steroid dienone is 1. The fraction of sp³-hybridized carbons (Fsp3) is 0.389. The molecule has 1 aromatic heterocycles. The molecule has 152 valence electrons. The summed E-state index contributed by atoms with van der Waals surface area (Å²) in [5.41, 5.74) is 0.620. The van der Waals surface area contributed by atoms with Gasteiger partial charge in [-0.15, -0.1) is 0 Å². The Hall–Kier alpha value is -2.72. The summed E-state index contributed by atoms with van der Waals surface area (Å²) in [6.45, 7) is 6.55. The van der Waals surface area contributed by atoms with Crippen LogP contribution in [0.25, 0.3) is 0 Å². The molecule has 0 fully saturated rings. The molecule has 0 aromatic carbocycles. The standard InChI is InChI=1S/C18H24N4O5S/c1-5-14(16(24)20-10(2)18(26)27)22-17(25)15-8-6-7-13(21-15)9-19-11(3)28-12(4)23/h5-8,10-11,19H,9H2,1-4H3,(H,20,24)(H,22,25)(H,26,27)/b14-5-/t10-,11?/m0/s1. The minimum Gasteiger partial charge on any atom is -0.480 e. The monoisotopic (exact) mass is 408 g/mol. The molecule has 0 spiro atoms. The highest BCUT2D eigenvalue weighted by Gasteiger charge is 2.19. The Labute approximate surface area is 167 Å². The molecule has 0 aliphatic heterocycles. The topological polar surface area (TPSA) is 137 Å². The lowest BCUT2D eigenvalue weighted by Crippen LogP contribution is -2.42. The Balaban J connectivity index is 2.74. The van der Waals surface area contributed by atoms with E-state index in [1.807, 2.05) is 6.92 Å². The Kier molecular flexibility index (Phi) is 9.33. The van der Waals surface area contributed by atoms with Crippen molar-refractivity contribution in [1.29, 1.82) is 0 Å². The summed E-state index contributed by atoms with van der Waals surface area (Å²) in [4.78, 5) is 50.6. The van der Waals surface area contributed by atoms with Crippen LogP contribution in [0.1, 0.15) is 43.9 Å². The third-order valence-corrected chi connectivity index (χ3v) is 4.30. The van der Waals surface area contributed by atoms with Gasteiger partial charge in [0.15, 0.2) is 5.12 Å². The Morgan fingerprint density at radius 1 is 1.25 bits per heavy atom. The van der Waals surface area contributed by atoms with Crippen molar-refractivity contribution in [2.24, 2.45) is 0 Å². The van der Waals surface area contributed by atoms with Crippen LogP contribution in [0.5, 0.6) is 0 Å². The van der Waals surface area contributed by atoms with Gasteiger partial charge in [-0.3, -0.25) is 24.5 Å². The predicted molar refractivity (Wildman–Crippen MR) is 105 cm³/mol. The van der Waals surface area contributed by atoms with Crippen LogP contribution in [0.2, 0.25) is 0 Å². The van der Waals surface area contributed by atoms with Gasteiger partial charge in [-0.05, 0) is 32.9 Å². The lowest BCUT2D eigenvalue weighted by Gasteiger charge is -2.13. The molecule has 0 bridgehead atoms. The van der Waals surface area contributed by atoms with Crippen molar-refractivity contribution >= 4 is 34.7 Å². The zero-order valence-electron chi connectivity index (χ0n) is 16.1. The van der Waals surface area contributed by atoms with E-state index in [0.717, 1.165) is 11.8 Å². The summed E-state index contributed by atoms with van der Waals surface area (Å²) in [6.07, 6.45) is 1.37. The average molecular weight is 408 g/mol. The maximum atomic E-state index is 12.4. The molecule has 1 unspecified atom stereocenters. The highest BCUT2D eigenvalue weighted by Crippen LogP contribution is 2.09. The van der Waals surface area contributed by atoms with Crippen molar-refractivity contribution in [3.8, 4) is 0 Å². The van der Waals surface area contributed by atoms with Crippen molar-refractivity contribution < 1.29 is 24.3 Å². The van der Waals surface area contributed by atoms with E-state index in [9.17, 15) is 19.2 Å². The third-order valence-electron chi connectivity index (χ3n) is 3.45. The minimum absolute atomic E-state index is 0.00420. The van der Waals surface area contributed by atoms with Gasteiger partial charge >= 0.3 is 5.97 Å². The summed E-state index contributed by atoms with van der Waals surface area (Å²) in [5, 5.41) is 16.6. The maximum Gasteiger partial charge on any atom is 0.325 e. The maximum absolute atomic E-state index is 12.4. The van der Waals surface area contributed by atoms with E-state index >= 15 is 0 Å². The normalized spacial score (nSPS) is 13.4. The largest absolute Gasteiger partial charge is 0.480 e. The van der Waals surface area contributed by atoms with E-state index in [4.69, 9.17) is 5.11 Å². The number of amides is 2. The summed E-state index contributed by atoms with van der Waals surface area (Å²) in [7, 11) is 0. The molecule has 0 saturated carbocycles. The fourth-order valence-electron chi connectivity index (χ4n) is 2.03. The molecule has 2 amide bonds. The van der Waals surface area contributed by atoms with Gasteiger partial charge in [0.25, 0.3) is 11.8 Å². The van der Waals surface area contributed by atoms with Crippen molar-refractivity contribution in [2.75, 3.05) is 0 Å². The molecular weight excluding hydrogens is 384 g/mol. The number of carboxylic acid groups (broad SMARTS) is 1. The molecule has 1 aromatic rings. The Bertz CT molecular complexity index is 781. The van der Waals surface area contributed by atoms with Crippen LogP contribution in [0.4, 0.5) is 0 Å². The zero-order valence-corrected chi connectivity index (χ0v) is 16.9. The number of pyridine rings is 1. The fourth-order valence-corrected chi connectivity index (χ4v) is 2.69.